The van der Waals surface area contributed by atoms with Gasteiger partial charge in [0.05, 0.1) is 21.8 Å². The maximum absolute atomic E-state index is 14.7. The Labute approximate surface area is 294 Å². The van der Waals surface area contributed by atoms with Gasteiger partial charge in [0.15, 0.2) is 0 Å². The van der Waals surface area contributed by atoms with Crippen LogP contribution in [0.5, 0.6) is 0 Å². The van der Waals surface area contributed by atoms with Crippen LogP contribution in [0.2, 0.25) is 0 Å². The van der Waals surface area contributed by atoms with Crippen LogP contribution in [-0.2, 0) is 0 Å². The van der Waals surface area contributed by atoms with Crippen LogP contribution in [0.15, 0.2) is 78.9 Å². The normalized spacial score (nSPS) is 11.9. The number of aryl methyl sites for hydroxylation is 6. The van der Waals surface area contributed by atoms with Crippen molar-refractivity contribution in [2.75, 3.05) is 0 Å². The summed E-state index contributed by atoms with van der Waals surface area (Å²) < 4.78 is 14.7. The van der Waals surface area contributed by atoms with Crippen LogP contribution < -0.4 is 0 Å². The number of aromatic amines is 3. The molecule has 0 unspecified atom stereocenters. The standard InChI is InChI=1S/C43H36FN5O2/c1-22-17-24(3)39(25(4)18-22)42-34-11-9-30(45-34)31-10-12-35(46-31)43(40-26(5)19-23(2)20-27(40)6)37-16-14-33(48-37)41(32-13-15-36(42)47-32)28-7-8-29(44)38(21-28)49(50)51/h7-21,45,47-48H,1-6H3. The summed E-state index contributed by atoms with van der Waals surface area (Å²) in [5.41, 5.74) is 18.2. The quantitative estimate of drug-likeness (QED) is 0.128. The molecule has 0 atom stereocenters. The van der Waals surface area contributed by atoms with Crippen molar-refractivity contribution in [3.8, 4) is 33.4 Å². The maximum atomic E-state index is 14.7. The minimum absolute atomic E-state index is 0.499. The molecular weight excluding hydrogens is 638 g/mol. The number of fused-ring (bicyclic) bond motifs is 9. The Kier molecular flexibility index (Phi) is 7.49. The molecule has 0 spiro atoms. The van der Waals surface area contributed by atoms with E-state index in [1.807, 2.05) is 30.3 Å². The van der Waals surface area contributed by atoms with Crippen molar-refractivity contribution in [3.05, 3.63) is 140 Å². The Balaban J connectivity index is 1.59. The van der Waals surface area contributed by atoms with Crippen molar-refractivity contribution in [2.24, 2.45) is 0 Å². The highest BCUT2D eigenvalue weighted by molar-refractivity contribution is 6.01. The van der Waals surface area contributed by atoms with Gasteiger partial charge < -0.3 is 15.0 Å². The average molecular weight is 674 g/mol. The molecule has 0 radical (unpaired) electrons. The van der Waals surface area contributed by atoms with Gasteiger partial charge in [0.1, 0.15) is 0 Å². The highest BCUT2D eigenvalue weighted by atomic mass is 19.1. The van der Waals surface area contributed by atoms with E-state index >= 15 is 0 Å². The Morgan fingerprint density at radius 2 is 0.961 bits per heavy atom. The maximum Gasteiger partial charge on any atom is 0.305 e. The number of hydrogen-bond acceptors (Lipinski definition) is 3. The van der Waals surface area contributed by atoms with Crippen LogP contribution in [0.3, 0.4) is 0 Å². The summed E-state index contributed by atoms with van der Waals surface area (Å²) in [4.78, 5) is 27.5. The summed E-state index contributed by atoms with van der Waals surface area (Å²) >= 11 is 0. The van der Waals surface area contributed by atoms with Gasteiger partial charge in [-0.1, -0.05) is 41.5 Å². The predicted molar refractivity (Wildman–Crippen MR) is 207 cm³/mol. The molecule has 0 fully saturated rings. The lowest BCUT2D eigenvalue weighted by Gasteiger charge is -2.13. The number of rotatable bonds is 4. The second-order valence-corrected chi connectivity index (χ2v) is 13.7. The van der Waals surface area contributed by atoms with E-state index in [1.165, 1.54) is 17.2 Å². The molecule has 0 saturated carbocycles. The fourth-order valence-corrected chi connectivity index (χ4v) is 7.94. The summed E-state index contributed by atoms with van der Waals surface area (Å²) in [6.45, 7) is 12.7. The zero-order valence-electron chi connectivity index (χ0n) is 29.2. The van der Waals surface area contributed by atoms with E-state index in [9.17, 15) is 14.5 Å². The van der Waals surface area contributed by atoms with Crippen molar-refractivity contribution >= 4 is 50.9 Å². The van der Waals surface area contributed by atoms with E-state index in [4.69, 9.17) is 4.98 Å². The molecule has 3 aromatic carbocycles. The van der Waals surface area contributed by atoms with Crippen LogP contribution >= 0.6 is 0 Å². The Morgan fingerprint density at radius 1 is 0.529 bits per heavy atom. The molecular formula is C43H36FN5O2. The summed E-state index contributed by atoms with van der Waals surface area (Å²) in [5, 5.41) is 11.9. The van der Waals surface area contributed by atoms with Gasteiger partial charge in [0, 0.05) is 50.3 Å². The second kappa shape index (κ2) is 11.9. The van der Waals surface area contributed by atoms with Crippen molar-refractivity contribution in [2.45, 2.75) is 41.5 Å². The molecule has 51 heavy (non-hydrogen) atoms. The summed E-state index contributed by atoms with van der Waals surface area (Å²) in [6, 6.07) is 25.0. The zero-order valence-corrected chi connectivity index (χ0v) is 29.2. The van der Waals surface area contributed by atoms with Crippen molar-refractivity contribution in [1.29, 1.82) is 0 Å². The minimum atomic E-state index is -0.886. The third-order valence-corrected chi connectivity index (χ3v) is 9.86. The number of nitro groups is 1. The molecule has 0 amide bonds. The van der Waals surface area contributed by atoms with Gasteiger partial charge in [0.2, 0.25) is 5.82 Å². The number of nitrogens with zero attached hydrogens (tertiary/aromatic N) is 2. The number of aromatic nitrogens is 4. The topological polar surface area (TPSA) is 103 Å². The van der Waals surface area contributed by atoms with Crippen molar-refractivity contribution < 1.29 is 9.31 Å². The van der Waals surface area contributed by atoms with E-state index in [0.29, 0.717) is 16.6 Å². The molecule has 7 nitrogen and oxygen atoms in total. The number of benzene rings is 3. The minimum Gasteiger partial charge on any atom is -0.354 e. The molecule has 8 heteroatoms. The predicted octanol–water partition coefficient (Wildman–Crippen LogP) is 11.6. The highest BCUT2D eigenvalue weighted by Crippen LogP contribution is 2.40. The Morgan fingerprint density at radius 3 is 1.49 bits per heavy atom. The van der Waals surface area contributed by atoms with Crippen LogP contribution in [0, 0.1) is 57.5 Å². The smallest absolute Gasteiger partial charge is 0.305 e. The monoisotopic (exact) mass is 673 g/mol. The van der Waals surface area contributed by atoms with Crippen LogP contribution in [-0.4, -0.2) is 24.9 Å². The molecule has 1 aliphatic rings. The highest BCUT2D eigenvalue weighted by Gasteiger charge is 2.20. The van der Waals surface area contributed by atoms with E-state index < -0.39 is 16.4 Å². The third-order valence-electron chi connectivity index (χ3n) is 9.86. The van der Waals surface area contributed by atoms with E-state index in [2.05, 4.69) is 99.0 Å². The molecule has 8 rings (SSSR count). The largest absolute Gasteiger partial charge is 0.354 e. The Hall–Kier alpha value is -6.28. The van der Waals surface area contributed by atoms with E-state index in [1.54, 1.807) is 6.07 Å². The number of H-pyrrole nitrogens is 3. The molecule has 252 valence electrons. The van der Waals surface area contributed by atoms with Gasteiger partial charge in [-0.3, -0.25) is 10.1 Å². The average Bonchev–Trinajstić information content (AvgIpc) is 3.89. The fourth-order valence-electron chi connectivity index (χ4n) is 7.94. The first-order valence-corrected chi connectivity index (χ1v) is 16.9. The summed E-state index contributed by atoms with van der Waals surface area (Å²) in [5.74, 6) is -0.886. The van der Waals surface area contributed by atoms with Crippen LogP contribution in [0.4, 0.5) is 10.1 Å². The van der Waals surface area contributed by atoms with E-state index in [-0.39, 0.29) is 0 Å². The number of nitrogens with one attached hydrogen (secondary N) is 3. The zero-order chi connectivity index (χ0) is 35.7. The molecule has 5 heterocycles. The van der Waals surface area contributed by atoms with E-state index in [0.717, 1.165) is 89.5 Å². The lowest BCUT2D eigenvalue weighted by Crippen LogP contribution is -1.94. The van der Waals surface area contributed by atoms with Gasteiger partial charge >= 0.3 is 5.69 Å². The van der Waals surface area contributed by atoms with Gasteiger partial charge in [-0.05, 0) is 135 Å². The van der Waals surface area contributed by atoms with Gasteiger partial charge in [0.25, 0.3) is 0 Å². The van der Waals surface area contributed by atoms with Crippen molar-refractivity contribution in [3.63, 3.8) is 0 Å². The fraction of sp³-hybridized carbons (Fsp3) is 0.140. The SMILES string of the molecule is Cc1cc(C)c(-c2c3nc(c4ccc([nH]4)c(-c4c(C)cc(C)cc4C)c4ccc([nH]4)c(-c4ccc(F)c([N+](=O)[O-])c4)c4ccc2[nH]4)C=C3)c(C)c1. The molecule has 7 aromatic rings. The second-order valence-electron chi connectivity index (χ2n) is 13.7. The van der Waals surface area contributed by atoms with Gasteiger partial charge in [-0.25, -0.2) is 4.98 Å². The lowest BCUT2D eigenvalue weighted by atomic mass is 9.92. The summed E-state index contributed by atoms with van der Waals surface area (Å²) in [7, 11) is 0. The summed E-state index contributed by atoms with van der Waals surface area (Å²) in [6.07, 6.45) is 4.10. The first-order chi connectivity index (χ1) is 24.5. The van der Waals surface area contributed by atoms with Crippen LogP contribution in [0.1, 0.15) is 44.8 Å². The molecule has 4 aromatic heterocycles. The molecule has 0 saturated heterocycles. The van der Waals surface area contributed by atoms with Crippen LogP contribution in [0.25, 0.3) is 78.6 Å². The number of halogens is 1. The Bertz CT molecular complexity index is 2720. The molecule has 8 bridgehead atoms. The first-order valence-electron chi connectivity index (χ1n) is 16.9. The third kappa shape index (κ3) is 5.40. The molecule has 1 aliphatic heterocycles. The molecule has 3 N–H and O–H groups in total. The van der Waals surface area contributed by atoms with Gasteiger partial charge in [-0.15, -0.1) is 0 Å². The number of hydrogen-bond donors (Lipinski definition) is 3. The first kappa shape index (κ1) is 32.0. The van der Waals surface area contributed by atoms with Crippen molar-refractivity contribution in [1.82, 2.24) is 19.9 Å². The number of nitro benzene ring substituents is 1. The van der Waals surface area contributed by atoms with Gasteiger partial charge in [-0.2, -0.15) is 4.39 Å². The molecule has 0 aliphatic carbocycles. The lowest BCUT2D eigenvalue weighted by molar-refractivity contribution is -0.387.